The lowest BCUT2D eigenvalue weighted by Crippen LogP contribution is -2.29. The van der Waals surface area contributed by atoms with Gasteiger partial charge in [0.1, 0.15) is 17.3 Å². The molecule has 0 aromatic heterocycles. The number of methoxy groups -OCH3 is 3. The molecule has 1 heterocycles. The second-order valence-corrected chi connectivity index (χ2v) is 8.62. The molecular weight excluding hydrogens is 474 g/mol. The minimum absolute atomic E-state index is 0.0636. The van der Waals surface area contributed by atoms with Crippen molar-refractivity contribution in [2.45, 2.75) is 19.9 Å². The maximum atomic E-state index is 13.5. The molecule has 1 aliphatic heterocycles. The summed E-state index contributed by atoms with van der Waals surface area (Å²) < 4.78 is 15.5. The maximum absolute atomic E-state index is 13.5. The Hall–Kier alpha value is -4.59. The first kappa shape index (κ1) is 25.5. The van der Waals surface area contributed by atoms with Crippen LogP contribution in [0.4, 0.5) is 5.69 Å². The average Bonchev–Trinajstić information content (AvgIpc) is 3.18. The summed E-state index contributed by atoms with van der Waals surface area (Å²) in [6, 6.07) is 15.7. The molecule has 4 rings (SSSR count). The maximum Gasteiger partial charge on any atom is 0.337 e. The van der Waals surface area contributed by atoms with E-state index in [0.29, 0.717) is 33.9 Å². The summed E-state index contributed by atoms with van der Waals surface area (Å²) >= 11 is 0. The van der Waals surface area contributed by atoms with Crippen LogP contribution < -0.4 is 14.4 Å². The fourth-order valence-corrected chi connectivity index (χ4v) is 4.51. The molecule has 8 heteroatoms. The van der Waals surface area contributed by atoms with E-state index in [4.69, 9.17) is 14.2 Å². The molecule has 8 nitrogen and oxygen atoms in total. The third-order valence-corrected chi connectivity index (χ3v) is 6.42. The van der Waals surface area contributed by atoms with Crippen LogP contribution in [-0.2, 0) is 14.3 Å². The van der Waals surface area contributed by atoms with Gasteiger partial charge in [0.15, 0.2) is 0 Å². The first-order chi connectivity index (χ1) is 17.7. The lowest BCUT2D eigenvalue weighted by molar-refractivity contribution is -0.132. The summed E-state index contributed by atoms with van der Waals surface area (Å²) in [5, 5.41) is 11.5. The molecule has 37 heavy (non-hydrogen) atoms. The zero-order valence-corrected chi connectivity index (χ0v) is 21.2. The second kappa shape index (κ2) is 10.2. The predicted octanol–water partition coefficient (Wildman–Crippen LogP) is 4.73. The van der Waals surface area contributed by atoms with Gasteiger partial charge in [0.25, 0.3) is 11.7 Å². The number of ether oxygens (including phenoxy) is 3. The monoisotopic (exact) mass is 501 g/mol. The summed E-state index contributed by atoms with van der Waals surface area (Å²) in [6.07, 6.45) is 0. The molecule has 1 unspecified atom stereocenters. The molecule has 1 fully saturated rings. The number of amides is 1. The third-order valence-electron chi connectivity index (χ3n) is 6.42. The Bertz CT molecular complexity index is 1420. The lowest BCUT2D eigenvalue weighted by atomic mass is 9.93. The topological polar surface area (TPSA) is 102 Å². The van der Waals surface area contributed by atoms with E-state index in [-0.39, 0.29) is 16.9 Å². The van der Waals surface area contributed by atoms with Crippen LogP contribution in [0.25, 0.3) is 5.76 Å². The van der Waals surface area contributed by atoms with Gasteiger partial charge >= 0.3 is 5.97 Å². The highest BCUT2D eigenvalue weighted by Gasteiger charge is 2.47. The summed E-state index contributed by atoms with van der Waals surface area (Å²) in [4.78, 5) is 40.3. The normalized spacial score (nSPS) is 16.6. The van der Waals surface area contributed by atoms with Crippen LogP contribution in [0.1, 0.15) is 38.7 Å². The molecule has 190 valence electrons. The van der Waals surface area contributed by atoms with Gasteiger partial charge < -0.3 is 19.3 Å². The molecule has 0 bridgehead atoms. The summed E-state index contributed by atoms with van der Waals surface area (Å²) in [7, 11) is 4.35. The number of anilines is 1. The first-order valence-electron chi connectivity index (χ1n) is 11.5. The number of rotatable bonds is 6. The van der Waals surface area contributed by atoms with Gasteiger partial charge in [-0.2, -0.15) is 0 Å². The number of nitrogens with zero attached hydrogens (tertiary/aromatic N) is 1. The Labute approximate surface area is 214 Å². The number of aliphatic hydroxyl groups is 1. The van der Waals surface area contributed by atoms with E-state index in [1.165, 1.54) is 25.2 Å². The Morgan fingerprint density at radius 2 is 1.59 bits per heavy atom. The second-order valence-electron chi connectivity index (χ2n) is 8.62. The van der Waals surface area contributed by atoms with Crippen molar-refractivity contribution in [3.63, 3.8) is 0 Å². The molecule has 0 saturated carbocycles. The summed E-state index contributed by atoms with van der Waals surface area (Å²) in [6.45, 7) is 3.61. The predicted molar refractivity (Wildman–Crippen MR) is 138 cm³/mol. The smallest absolute Gasteiger partial charge is 0.337 e. The van der Waals surface area contributed by atoms with Gasteiger partial charge in [-0.25, -0.2) is 4.79 Å². The first-order valence-corrected chi connectivity index (χ1v) is 11.5. The molecule has 0 spiro atoms. The summed E-state index contributed by atoms with van der Waals surface area (Å²) in [5.41, 5.74) is 2.89. The number of hydrogen-bond acceptors (Lipinski definition) is 7. The summed E-state index contributed by atoms with van der Waals surface area (Å²) in [5.74, 6) is -1.31. The van der Waals surface area contributed by atoms with Crippen LogP contribution in [-0.4, -0.2) is 44.1 Å². The number of carbonyl (C=O) groups excluding carboxylic acids is 3. The fraction of sp³-hybridized carbons (Fsp3) is 0.207. The van der Waals surface area contributed by atoms with Crippen molar-refractivity contribution >= 4 is 29.1 Å². The van der Waals surface area contributed by atoms with E-state index in [9.17, 15) is 19.5 Å². The number of carbonyl (C=O) groups is 3. The van der Waals surface area contributed by atoms with Gasteiger partial charge in [0.2, 0.25) is 0 Å². The van der Waals surface area contributed by atoms with Crippen LogP contribution in [0.5, 0.6) is 11.5 Å². The van der Waals surface area contributed by atoms with Gasteiger partial charge in [-0.05, 0) is 73.0 Å². The number of ketones is 1. The number of aryl methyl sites for hydroxylation is 2. The molecular formula is C29H27NO7. The molecule has 3 aromatic carbocycles. The minimum Gasteiger partial charge on any atom is -0.507 e. The highest BCUT2D eigenvalue weighted by molar-refractivity contribution is 6.51. The van der Waals surface area contributed by atoms with Crippen molar-refractivity contribution in [3.05, 3.63) is 94.1 Å². The average molecular weight is 502 g/mol. The van der Waals surface area contributed by atoms with E-state index in [0.717, 1.165) is 5.56 Å². The number of aliphatic hydroxyl groups excluding tert-OH is 1. The van der Waals surface area contributed by atoms with Gasteiger partial charge in [0.05, 0.1) is 38.5 Å². The van der Waals surface area contributed by atoms with E-state index >= 15 is 0 Å². The van der Waals surface area contributed by atoms with E-state index in [2.05, 4.69) is 0 Å². The number of benzene rings is 3. The minimum atomic E-state index is -0.958. The van der Waals surface area contributed by atoms with Crippen molar-refractivity contribution in [2.24, 2.45) is 0 Å². The highest BCUT2D eigenvalue weighted by Crippen LogP contribution is 2.43. The number of esters is 1. The van der Waals surface area contributed by atoms with Crippen molar-refractivity contribution < 1.29 is 33.7 Å². The van der Waals surface area contributed by atoms with Crippen LogP contribution in [0.2, 0.25) is 0 Å². The van der Waals surface area contributed by atoms with Crippen molar-refractivity contribution in [3.8, 4) is 11.5 Å². The Balaban J connectivity index is 1.96. The number of hydrogen-bond donors (Lipinski definition) is 1. The fourth-order valence-electron chi connectivity index (χ4n) is 4.51. The Morgan fingerprint density at radius 1 is 0.892 bits per heavy atom. The van der Waals surface area contributed by atoms with E-state index in [1.54, 1.807) is 68.6 Å². The van der Waals surface area contributed by atoms with E-state index in [1.807, 2.05) is 6.92 Å². The van der Waals surface area contributed by atoms with Crippen LogP contribution in [0.3, 0.4) is 0 Å². The van der Waals surface area contributed by atoms with Gasteiger partial charge in [-0.15, -0.1) is 0 Å². The van der Waals surface area contributed by atoms with Crippen LogP contribution in [0.15, 0.2) is 66.2 Å². The molecule has 3 aromatic rings. The van der Waals surface area contributed by atoms with Crippen molar-refractivity contribution in [1.82, 2.24) is 0 Å². The molecule has 0 aliphatic carbocycles. The number of Topliss-reactive ketones (excluding diaryl/α,β-unsaturated/α-hetero) is 1. The van der Waals surface area contributed by atoms with Crippen molar-refractivity contribution in [2.75, 3.05) is 26.2 Å². The molecule has 1 saturated heterocycles. The van der Waals surface area contributed by atoms with Gasteiger partial charge in [0, 0.05) is 11.3 Å². The van der Waals surface area contributed by atoms with Crippen LogP contribution >= 0.6 is 0 Å². The quantitative estimate of drug-likeness (QED) is 0.225. The molecule has 1 amide bonds. The standard InChI is InChI=1S/C29H27NO7/c1-16-14-23(36-4)17(2)13-22(16)26(31)24-25(18-9-11-21(35-3)12-10-18)30(28(33)27(24)32)20-8-6-7-19(15-20)29(34)37-5/h6-15,25,31H,1-5H3/b26-24+. The van der Waals surface area contributed by atoms with Gasteiger partial charge in [-0.3, -0.25) is 14.5 Å². The van der Waals surface area contributed by atoms with Crippen LogP contribution in [0, 0.1) is 13.8 Å². The zero-order valence-electron chi connectivity index (χ0n) is 21.2. The van der Waals surface area contributed by atoms with Crippen molar-refractivity contribution in [1.29, 1.82) is 0 Å². The largest absolute Gasteiger partial charge is 0.507 e. The Kier molecular flexibility index (Phi) is 7.02. The molecule has 1 aliphatic rings. The zero-order chi connectivity index (χ0) is 26.9. The third kappa shape index (κ3) is 4.53. The lowest BCUT2D eigenvalue weighted by Gasteiger charge is -2.26. The SMILES string of the molecule is COC(=O)c1cccc(N2C(=O)C(=O)/C(=C(/O)c3cc(C)c(OC)cc3C)C2c2ccc(OC)cc2)c1. The molecule has 1 N–H and O–H groups in total. The van der Waals surface area contributed by atoms with E-state index < -0.39 is 23.7 Å². The van der Waals surface area contributed by atoms with Gasteiger partial charge in [-0.1, -0.05) is 18.2 Å². The highest BCUT2D eigenvalue weighted by atomic mass is 16.5. The molecule has 0 radical (unpaired) electrons. The molecule has 1 atom stereocenters. The Morgan fingerprint density at radius 3 is 2.22 bits per heavy atom.